The van der Waals surface area contributed by atoms with Gasteiger partial charge in [-0.15, -0.1) is 0 Å². The summed E-state index contributed by atoms with van der Waals surface area (Å²) in [6.45, 7) is 5.40. The molecule has 2 nitrogen and oxygen atoms in total. The second-order valence-electron chi connectivity index (χ2n) is 13.3. The lowest BCUT2D eigenvalue weighted by Gasteiger charge is -2.37. The van der Waals surface area contributed by atoms with Gasteiger partial charge >= 0.3 is 0 Å². The Morgan fingerprint density at radius 2 is 1.23 bits per heavy atom. The standard InChI is InChI=1S/C37H61NO/c1-3-5-7-9-11-13-15-32-16-18-33(19-17-32)24-27-37(31-38)28-25-35(26-29-37)34-20-22-36(23-21-34)39-30-14-12-10-8-6-4-2/h20-23,32-33,35H,3-19,24-30H2,1-2H3. The number of hydrogen-bond acceptors (Lipinski definition) is 2. The monoisotopic (exact) mass is 535 g/mol. The first kappa shape index (κ1) is 32.0. The van der Waals surface area contributed by atoms with Crippen molar-refractivity contribution >= 4 is 0 Å². The zero-order valence-corrected chi connectivity index (χ0v) is 25.9. The van der Waals surface area contributed by atoms with Crippen molar-refractivity contribution in [2.24, 2.45) is 17.3 Å². The van der Waals surface area contributed by atoms with Crippen molar-refractivity contribution in [2.45, 2.75) is 167 Å². The molecule has 2 aliphatic carbocycles. The summed E-state index contributed by atoms with van der Waals surface area (Å²) in [5.41, 5.74) is 1.38. The number of ether oxygens (including phenoxy) is 1. The highest BCUT2D eigenvalue weighted by molar-refractivity contribution is 5.30. The maximum atomic E-state index is 10.2. The van der Waals surface area contributed by atoms with E-state index in [1.165, 1.54) is 115 Å². The van der Waals surface area contributed by atoms with Crippen molar-refractivity contribution in [1.82, 2.24) is 0 Å². The van der Waals surface area contributed by atoms with Crippen molar-refractivity contribution in [3.63, 3.8) is 0 Å². The number of unbranched alkanes of at least 4 members (excludes halogenated alkanes) is 10. The predicted octanol–water partition coefficient (Wildman–Crippen LogP) is 11.9. The first-order valence-electron chi connectivity index (χ1n) is 17.3. The summed E-state index contributed by atoms with van der Waals surface area (Å²) in [7, 11) is 0. The SMILES string of the molecule is CCCCCCCCOc1ccc(C2CCC(C#N)(CCC3CCC(CCCCCCCC)CC3)CC2)cc1. The molecule has 1 aromatic carbocycles. The molecular weight excluding hydrogens is 474 g/mol. The smallest absolute Gasteiger partial charge is 0.119 e. The first-order valence-corrected chi connectivity index (χ1v) is 17.3. The van der Waals surface area contributed by atoms with Gasteiger partial charge in [0, 0.05) is 0 Å². The van der Waals surface area contributed by atoms with Crippen molar-refractivity contribution in [3.8, 4) is 11.8 Å². The van der Waals surface area contributed by atoms with Crippen LogP contribution in [0.3, 0.4) is 0 Å². The van der Waals surface area contributed by atoms with Crippen LogP contribution >= 0.6 is 0 Å². The van der Waals surface area contributed by atoms with E-state index in [2.05, 4.69) is 44.2 Å². The van der Waals surface area contributed by atoms with Crippen LogP contribution in [-0.2, 0) is 0 Å². The van der Waals surface area contributed by atoms with E-state index in [0.717, 1.165) is 62.7 Å². The fraction of sp³-hybridized carbons (Fsp3) is 0.811. The number of nitriles is 1. The van der Waals surface area contributed by atoms with Gasteiger partial charge in [0.15, 0.2) is 0 Å². The Bertz CT molecular complexity index is 777. The highest BCUT2D eigenvalue weighted by Gasteiger charge is 2.36. The predicted molar refractivity (Wildman–Crippen MR) is 167 cm³/mol. The molecule has 0 unspecified atom stereocenters. The fourth-order valence-corrected chi connectivity index (χ4v) is 7.33. The fourth-order valence-electron chi connectivity index (χ4n) is 7.33. The van der Waals surface area contributed by atoms with Gasteiger partial charge in [-0.2, -0.15) is 5.26 Å². The minimum absolute atomic E-state index is 0.0635. The van der Waals surface area contributed by atoms with E-state index >= 15 is 0 Å². The average molecular weight is 536 g/mol. The van der Waals surface area contributed by atoms with Gasteiger partial charge in [0.25, 0.3) is 0 Å². The van der Waals surface area contributed by atoms with Crippen LogP contribution in [0.1, 0.15) is 173 Å². The third kappa shape index (κ3) is 11.9. The number of nitrogens with zero attached hydrogens (tertiary/aromatic N) is 1. The van der Waals surface area contributed by atoms with E-state index in [9.17, 15) is 5.26 Å². The van der Waals surface area contributed by atoms with E-state index in [-0.39, 0.29) is 5.41 Å². The van der Waals surface area contributed by atoms with Crippen LogP contribution in [0.5, 0.6) is 5.75 Å². The minimum atomic E-state index is -0.0635. The molecule has 2 fully saturated rings. The topological polar surface area (TPSA) is 33.0 Å². The summed E-state index contributed by atoms with van der Waals surface area (Å²) < 4.78 is 6.00. The molecule has 0 spiro atoms. The van der Waals surface area contributed by atoms with Crippen LogP contribution in [0.15, 0.2) is 24.3 Å². The number of benzene rings is 1. The molecular formula is C37H61NO. The zero-order chi connectivity index (χ0) is 27.6. The van der Waals surface area contributed by atoms with Gasteiger partial charge in [0.2, 0.25) is 0 Å². The lowest BCUT2D eigenvalue weighted by molar-refractivity contribution is 0.185. The molecule has 0 N–H and O–H groups in total. The molecule has 0 radical (unpaired) electrons. The van der Waals surface area contributed by atoms with Gasteiger partial charge in [0.1, 0.15) is 5.75 Å². The summed E-state index contributed by atoms with van der Waals surface area (Å²) in [4.78, 5) is 0. The normalized spacial score (nSPS) is 25.3. The Labute approximate surface area is 242 Å². The van der Waals surface area contributed by atoms with Gasteiger partial charge in [-0.25, -0.2) is 0 Å². The molecule has 0 bridgehead atoms. The van der Waals surface area contributed by atoms with Gasteiger partial charge in [-0.3, -0.25) is 0 Å². The van der Waals surface area contributed by atoms with Crippen molar-refractivity contribution in [1.29, 1.82) is 5.26 Å². The summed E-state index contributed by atoms with van der Waals surface area (Å²) in [5, 5.41) is 10.2. The van der Waals surface area contributed by atoms with Crippen LogP contribution in [0.4, 0.5) is 0 Å². The Balaban J connectivity index is 1.30. The van der Waals surface area contributed by atoms with Gasteiger partial charge < -0.3 is 4.74 Å². The second-order valence-corrected chi connectivity index (χ2v) is 13.3. The highest BCUT2D eigenvalue weighted by atomic mass is 16.5. The van der Waals surface area contributed by atoms with E-state index < -0.39 is 0 Å². The molecule has 0 amide bonds. The highest BCUT2D eigenvalue weighted by Crippen LogP contribution is 2.47. The number of hydrogen-bond donors (Lipinski definition) is 0. The lowest BCUT2D eigenvalue weighted by Crippen LogP contribution is -2.27. The minimum Gasteiger partial charge on any atom is -0.494 e. The zero-order valence-electron chi connectivity index (χ0n) is 25.9. The maximum absolute atomic E-state index is 10.2. The molecule has 2 saturated carbocycles. The third-order valence-corrected chi connectivity index (χ3v) is 10.3. The molecule has 2 aliphatic rings. The third-order valence-electron chi connectivity index (χ3n) is 10.3. The Kier molecular flexibility index (Phi) is 15.4. The van der Waals surface area contributed by atoms with E-state index in [4.69, 9.17) is 4.74 Å². The van der Waals surface area contributed by atoms with Gasteiger partial charge in [-0.05, 0) is 80.4 Å². The molecule has 0 aromatic heterocycles. The molecule has 3 rings (SSSR count). The summed E-state index contributed by atoms with van der Waals surface area (Å²) in [5.74, 6) is 3.48. The van der Waals surface area contributed by atoms with E-state index in [0.29, 0.717) is 5.92 Å². The maximum Gasteiger partial charge on any atom is 0.119 e. The molecule has 1 aromatic rings. The Morgan fingerprint density at radius 1 is 0.692 bits per heavy atom. The molecule has 0 heterocycles. The Hall–Kier alpha value is -1.49. The molecule has 2 heteroatoms. The van der Waals surface area contributed by atoms with Crippen LogP contribution in [0.2, 0.25) is 0 Å². The molecule has 220 valence electrons. The molecule has 0 aliphatic heterocycles. The average Bonchev–Trinajstić information content (AvgIpc) is 2.98. The Morgan fingerprint density at radius 3 is 1.82 bits per heavy atom. The molecule has 39 heavy (non-hydrogen) atoms. The summed E-state index contributed by atoms with van der Waals surface area (Å²) in [6.07, 6.45) is 30.4. The largest absolute Gasteiger partial charge is 0.494 e. The molecule has 0 atom stereocenters. The van der Waals surface area contributed by atoms with Crippen LogP contribution in [-0.4, -0.2) is 6.61 Å². The van der Waals surface area contributed by atoms with Crippen LogP contribution in [0.25, 0.3) is 0 Å². The van der Waals surface area contributed by atoms with Crippen molar-refractivity contribution in [2.75, 3.05) is 6.61 Å². The molecule has 0 saturated heterocycles. The number of rotatable bonds is 19. The summed E-state index contributed by atoms with van der Waals surface area (Å²) in [6, 6.07) is 11.7. The first-order chi connectivity index (χ1) is 19.2. The lowest BCUT2D eigenvalue weighted by atomic mass is 9.66. The van der Waals surface area contributed by atoms with E-state index in [1.54, 1.807) is 0 Å². The van der Waals surface area contributed by atoms with Crippen molar-refractivity contribution < 1.29 is 4.74 Å². The van der Waals surface area contributed by atoms with Crippen LogP contribution in [0, 0.1) is 28.6 Å². The van der Waals surface area contributed by atoms with E-state index in [1.807, 2.05) is 0 Å². The van der Waals surface area contributed by atoms with Gasteiger partial charge in [-0.1, -0.05) is 129 Å². The van der Waals surface area contributed by atoms with Crippen LogP contribution < -0.4 is 4.74 Å². The quantitative estimate of drug-likeness (QED) is 0.165. The van der Waals surface area contributed by atoms with Gasteiger partial charge in [0.05, 0.1) is 18.1 Å². The van der Waals surface area contributed by atoms with Crippen molar-refractivity contribution in [3.05, 3.63) is 29.8 Å². The second kappa shape index (κ2) is 18.8. The summed E-state index contributed by atoms with van der Waals surface area (Å²) >= 11 is 0.